The largest absolute Gasteiger partial charge is 0.355 e. The molecule has 3 heterocycles. The summed E-state index contributed by atoms with van der Waals surface area (Å²) in [6, 6.07) is 21.9. The standard InChI is InChI=1S/C27H28N4O2S/c32-26(28-15-14-22-11-7-17-34-22)21-10-6-16-30(19-21)25-27(33)31(18-20-8-2-1-3-9-20)24-13-5-4-12-23(24)29-25/h1-5,7-9,11-13,17,21H,6,10,14-16,18-19H2,(H,28,32)/t21-/m0/s1. The number of carbonyl (C=O) groups is 1. The van der Waals surface area contributed by atoms with Gasteiger partial charge < -0.3 is 10.2 Å². The molecule has 34 heavy (non-hydrogen) atoms. The molecule has 0 radical (unpaired) electrons. The van der Waals surface area contributed by atoms with E-state index in [1.165, 1.54) is 4.88 Å². The van der Waals surface area contributed by atoms with Crippen LogP contribution < -0.4 is 15.8 Å². The van der Waals surface area contributed by atoms with Gasteiger partial charge in [0.1, 0.15) is 0 Å². The Balaban J connectivity index is 1.37. The molecule has 1 atom stereocenters. The summed E-state index contributed by atoms with van der Waals surface area (Å²) in [5.41, 5.74) is 2.56. The van der Waals surface area contributed by atoms with E-state index in [0.29, 0.717) is 25.5 Å². The zero-order valence-electron chi connectivity index (χ0n) is 19.0. The molecule has 7 heteroatoms. The lowest BCUT2D eigenvalue weighted by atomic mass is 9.97. The number of amides is 1. The van der Waals surface area contributed by atoms with E-state index in [1.54, 1.807) is 15.9 Å². The smallest absolute Gasteiger partial charge is 0.294 e. The van der Waals surface area contributed by atoms with Crippen molar-refractivity contribution in [3.05, 3.63) is 92.9 Å². The first-order chi connectivity index (χ1) is 16.7. The van der Waals surface area contributed by atoms with Gasteiger partial charge in [0.2, 0.25) is 5.91 Å². The van der Waals surface area contributed by atoms with Crippen molar-refractivity contribution in [3.63, 3.8) is 0 Å². The lowest BCUT2D eigenvalue weighted by Gasteiger charge is -2.32. The first-order valence-corrected chi connectivity index (χ1v) is 12.7. The summed E-state index contributed by atoms with van der Waals surface area (Å²) in [6.07, 6.45) is 2.53. The molecule has 2 aromatic carbocycles. The second-order valence-electron chi connectivity index (χ2n) is 8.71. The minimum absolute atomic E-state index is 0.0617. The Morgan fingerprint density at radius 2 is 1.88 bits per heavy atom. The topological polar surface area (TPSA) is 67.2 Å². The van der Waals surface area contributed by atoms with Gasteiger partial charge in [-0.2, -0.15) is 0 Å². The SMILES string of the molecule is O=C(NCCc1cccs1)[C@H]1CCCN(c2nc3ccccc3n(Cc3ccccc3)c2=O)C1. The highest BCUT2D eigenvalue weighted by molar-refractivity contribution is 7.09. The molecule has 0 bridgehead atoms. The average molecular weight is 473 g/mol. The van der Waals surface area contributed by atoms with Gasteiger partial charge in [0.15, 0.2) is 5.82 Å². The van der Waals surface area contributed by atoms with Crippen LogP contribution in [-0.4, -0.2) is 35.1 Å². The molecule has 1 fully saturated rings. The lowest BCUT2D eigenvalue weighted by molar-refractivity contribution is -0.125. The molecule has 0 aliphatic carbocycles. The molecule has 6 nitrogen and oxygen atoms in total. The Kier molecular flexibility index (Phi) is 6.72. The van der Waals surface area contributed by atoms with Gasteiger partial charge in [-0.1, -0.05) is 48.5 Å². The first kappa shape index (κ1) is 22.3. The quantitative estimate of drug-likeness (QED) is 0.440. The summed E-state index contributed by atoms with van der Waals surface area (Å²) in [5, 5.41) is 5.14. The van der Waals surface area contributed by atoms with E-state index in [2.05, 4.69) is 16.8 Å². The second kappa shape index (κ2) is 10.2. The third kappa shape index (κ3) is 4.89. The Bertz CT molecular complexity index is 1320. The van der Waals surface area contributed by atoms with Crippen molar-refractivity contribution in [1.82, 2.24) is 14.9 Å². The number of rotatable bonds is 7. The van der Waals surface area contributed by atoms with Gasteiger partial charge in [-0.25, -0.2) is 4.98 Å². The van der Waals surface area contributed by atoms with E-state index in [1.807, 2.05) is 65.6 Å². The highest BCUT2D eigenvalue weighted by Gasteiger charge is 2.28. The fourth-order valence-corrected chi connectivity index (χ4v) is 5.31. The number of nitrogens with one attached hydrogen (secondary N) is 1. The van der Waals surface area contributed by atoms with Crippen LogP contribution in [0.25, 0.3) is 11.0 Å². The average Bonchev–Trinajstić information content (AvgIpc) is 3.40. The Morgan fingerprint density at radius 1 is 1.06 bits per heavy atom. The molecule has 0 saturated carbocycles. The first-order valence-electron chi connectivity index (χ1n) is 11.8. The molecular formula is C27H28N4O2S. The number of nitrogens with zero attached hydrogens (tertiary/aromatic N) is 3. The van der Waals surface area contributed by atoms with Crippen molar-refractivity contribution in [2.24, 2.45) is 5.92 Å². The maximum absolute atomic E-state index is 13.6. The lowest BCUT2D eigenvalue weighted by Crippen LogP contribution is -2.46. The van der Waals surface area contributed by atoms with Gasteiger partial charge >= 0.3 is 0 Å². The van der Waals surface area contributed by atoms with Crippen LogP contribution in [0.15, 0.2) is 76.9 Å². The van der Waals surface area contributed by atoms with E-state index in [9.17, 15) is 9.59 Å². The number of fused-ring (bicyclic) bond motifs is 1. The summed E-state index contributed by atoms with van der Waals surface area (Å²) >= 11 is 1.71. The summed E-state index contributed by atoms with van der Waals surface area (Å²) in [6.45, 7) is 2.35. The molecular weight excluding hydrogens is 444 g/mol. The van der Waals surface area contributed by atoms with Crippen LogP contribution in [0.5, 0.6) is 0 Å². The molecule has 2 aromatic heterocycles. The fourth-order valence-electron chi connectivity index (χ4n) is 4.60. The molecule has 0 unspecified atom stereocenters. The molecule has 1 aliphatic heterocycles. The normalized spacial score (nSPS) is 16.0. The van der Waals surface area contributed by atoms with Crippen LogP contribution in [0.3, 0.4) is 0 Å². The number of anilines is 1. The van der Waals surface area contributed by atoms with Gasteiger partial charge in [-0.05, 0) is 48.4 Å². The molecule has 1 saturated heterocycles. The highest BCUT2D eigenvalue weighted by atomic mass is 32.1. The number of carbonyl (C=O) groups excluding carboxylic acids is 1. The minimum Gasteiger partial charge on any atom is -0.355 e. The Morgan fingerprint density at radius 3 is 2.71 bits per heavy atom. The summed E-state index contributed by atoms with van der Waals surface area (Å²) in [5.74, 6) is 0.352. The van der Waals surface area contributed by atoms with Crippen molar-refractivity contribution in [1.29, 1.82) is 0 Å². The van der Waals surface area contributed by atoms with E-state index < -0.39 is 0 Å². The number of thiophene rings is 1. The van der Waals surface area contributed by atoms with E-state index in [4.69, 9.17) is 4.98 Å². The number of hydrogen-bond donors (Lipinski definition) is 1. The summed E-state index contributed by atoms with van der Waals surface area (Å²) in [4.78, 5) is 34.5. The van der Waals surface area contributed by atoms with Crippen LogP contribution in [0.2, 0.25) is 0 Å². The fraction of sp³-hybridized carbons (Fsp3) is 0.296. The van der Waals surface area contributed by atoms with Crippen LogP contribution in [-0.2, 0) is 17.8 Å². The van der Waals surface area contributed by atoms with Crippen molar-refractivity contribution >= 4 is 34.1 Å². The third-order valence-electron chi connectivity index (χ3n) is 6.36. The maximum atomic E-state index is 13.6. The van der Waals surface area contributed by atoms with Gasteiger partial charge in [-0.15, -0.1) is 11.3 Å². The number of para-hydroxylation sites is 2. The summed E-state index contributed by atoms with van der Waals surface area (Å²) < 4.78 is 1.80. The molecule has 5 rings (SSSR count). The number of hydrogen-bond acceptors (Lipinski definition) is 5. The summed E-state index contributed by atoms with van der Waals surface area (Å²) in [7, 11) is 0. The van der Waals surface area contributed by atoms with E-state index in [0.717, 1.165) is 42.4 Å². The van der Waals surface area contributed by atoms with Crippen molar-refractivity contribution in [2.45, 2.75) is 25.8 Å². The van der Waals surface area contributed by atoms with Crippen LogP contribution in [0, 0.1) is 5.92 Å². The van der Waals surface area contributed by atoms with Crippen LogP contribution in [0.1, 0.15) is 23.3 Å². The van der Waals surface area contributed by atoms with Gasteiger partial charge in [0, 0.05) is 24.5 Å². The van der Waals surface area contributed by atoms with Crippen molar-refractivity contribution in [3.8, 4) is 0 Å². The second-order valence-corrected chi connectivity index (χ2v) is 9.74. The highest BCUT2D eigenvalue weighted by Crippen LogP contribution is 2.22. The van der Waals surface area contributed by atoms with Crippen molar-refractivity contribution < 1.29 is 4.79 Å². The van der Waals surface area contributed by atoms with Crippen molar-refractivity contribution in [2.75, 3.05) is 24.5 Å². The third-order valence-corrected chi connectivity index (χ3v) is 7.30. The monoisotopic (exact) mass is 472 g/mol. The van der Waals surface area contributed by atoms with E-state index >= 15 is 0 Å². The Labute approximate surface area is 202 Å². The molecule has 174 valence electrons. The zero-order valence-corrected chi connectivity index (χ0v) is 19.8. The number of aromatic nitrogens is 2. The molecule has 1 amide bonds. The maximum Gasteiger partial charge on any atom is 0.294 e. The molecule has 1 aliphatic rings. The van der Waals surface area contributed by atoms with Gasteiger partial charge in [-0.3, -0.25) is 14.2 Å². The minimum atomic E-state index is -0.146. The zero-order chi connectivity index (χ0) is 23.3. The number of piperidine rings is 1. The molecule has 4 aromatic rings. The van der Waals surface area contributed by atoms with Gasteiger partial charge in [0.05, 0.1) is 23.5 Å². The molecule has 1 N–H and O–H groups in total. The predicted molar refractivity (Wildman–Crippen MR) is 138 cm³/mol. The van der Waals surface area contributed by atoms with Crippen LogP contribution in [0.4, 0.5) is 5.82 Å². The number of benzene rings is 2. The molecule has 0 spiro atoms. The Hall–Kier alpha value is -3.45. The van der Waals surface area contributed by atoms with E-state index in [-0.39, 0.29) is 17.4 Å². The predicted octanol–water partition coefficient (Wildman–Crippen LogP) is 4.08. The van der Waals surface area contributed by atoms with Gasteiger partial charge in [0.25, 0.3) is 5.56 Å². The van der Waals surface area contributed by atoms with Crippen LogP contribution >= 0.6 is 11.3 Å².